The van der Waals surface area contributed by atoms with Crippen molar-refractivity contribution < 1.29 is 19.1 Å². The Kier molecular flexibility index (Phi) is 10.0. The van der Waals surface area contributed by atoms with Crippen molar-refractivity contribution in [1.29, 1.82) is 0 Å². The van der Waals surface area contributed by atoms with E-state index in [1.54, 1.807) is 36.9 Å². The molecule has 0 unspecified atom stereocenters. The molecule has 2 amide bonds. The summed E-state index contributed by atoms with van der Waals surface area (Å²) in [5.74, 6) is 1.42. The van der Waals surface area contributed by atoms with Gasteiger partial charge in [0.25, 0.3) is 0 Å². The predicted octanol–water partition coefficient (Wildman–Crippen LogP) is 5.80. The van der Waals surface area contributed by atoms with Crippen molar-refractivity contribution in [2.24, 2.45) is 0 Å². The predicted molar refractivity (Wildman–Crippen MR) is 150 cm³/mol. The van der Waals surface area contributed by atoms with Gasteiger partial charge in [0.05, 0.1) is 27.2 Å². The molecule has 1 aliphatic carbocycles. The number of hydrogen-bond donors (Lipinski definition) is 0. The molecule has 0 saturated heterocycles. The van der Waals surface area contributed by atoms with Crippen molar-refractivity contribution in [2.45, 2.75) is 57.5 Å². The minimum Gasteiger partial charge on any atom is -0.493 e. The van der Waals surface area contributed by atoms with Crippen molar-refractivity contribution in [1.82, 2.24) is 9.80 Å². The molecule has 0 atom stereocenters. The average Bonchev–Trinajstić information content (AvgIpc) is 3.64. The lowest BCUT2D eigenvalue weighted by Crippen LogP contribution is -2.48. The fourth-order valence-corrected chi connectivity index (χ4v) is 6.32. The van der Waals surface area contributed by atoms with E-state index in [1.807, 2.05) is 57.0 Å². The molecule has 0 radical (unpaired) electrons. The van der Waals surface area contributed by atoms with Gasteiger partial charge in [0.15, 0.2) is 11.5 Å². The Balaban J connectivity index is 1.49. The third kappa shape index (κ3) is 7.58. The van der Waals surface area contributed by atoms with Crippen LogP contribution in [-0.4, -0.2) is 55.0 Å². The molecule has 6 nitrogen and oxygen atoms in total. The number of hydrogen-bond acceptors (Lipinski definition) is 6. The molecular weight excluding hydrogens is 504 g/mol. The molecule has 1 aliphatic rings. The number of nitrogens with zero attached hydrogens (tertiary/aromatic N) is 2. The van der Waals surface area contributed by atoms with Gasteiger partial charge in [0, 0.05) is 22.3 Å². The van der Waals surface area contributed by atoms with E-state index in [0.29, 0.717) is 37.4 Å². The van der Waals surface area contributed by atoms with E-state index < -0.39 is 0 Å². The van der Waals surface area contributed by atoms with Gasteiger partial charge < -0.3 is 19.3 Å². The molecule has 8 heteroatoms. The number of thiophene rings is 2. The summed E-state index contributed by atoms with van der Waals surface area (Å²) in [5, 5.41) is 4.03. The third-order valence-electron chi connectivity index (χ3n) is 6.94. The van der Waals surface area contributed by atoms with Crippen LogP contribution in [0.3, 0.4) is 0 Å². The van der Waals surface area contributed by atoms with E-state index in [9.17, 15) is 9.59 Å². The lowest BCUT2D eigenvalue weighted by Gasteiger charge is -2.35. The first kappa shape index (κ1) is 27.2. The highest BCUT2D eigenvalue weighted by Crippen LogP contribution is 2.28. The summed E-state index contributed by atoms with van der Waals surface area (Å²) in [7, 11) is 3.25. The Morgan fingerprint density at radius 1 is 0.892 bits per heavy atom. The van der Waals surface area contributed by atoms with Gasteiger partial charge in [0.1, 0.15) is 6.54 Å². The maximum Gasteiger partial charge on any atom is 0.242 e. The molecule has 2 aromatic heterocycles. The van der Waals surface area contributed by atoms with Crippen LogP contribution < -0.4 is 9.47 Å². The van der Waals surface area contributed by atoms with Gasteiger partial charge in [-0.05, 0) is 59.9 Å². The minimum atomic E-state index is -0.000945. The Morgan fingerprint density at radius 3 is 2.24 bits per heavy atom. The van der Waals surface area contributed by atoms with Crippen LogP contribution in [0.2, 0.25) is 0 Å². The number of methoxy groups -OCH3 is 2. The third-order valence-corrected chi connectivity index (χ3v) is 8.68. The Morgan fingerprint density at radius 2 is 1.59 bits per heavy atom. The smallest absolute Gasteiger partial charge is 0.242 e. The normalized spacial score (nSPS) is 13.8. The molecule has 0 spiro atoms. The van der Waals surface area contributed by atoms with Crippen LogP contribution in [0.5, 0.6) is 11.5 Å². The van der Waals surface area contributed by atoms with Gasteiger partial charge in [-0.15, -0.1) is 22.7 Å². The largest absolute Gasteiger partial charge is 0.493 e. The standard InChI is InChI=1S/C29H36N2O4S2/c1-34-26-13-12-22(18-27(26)35-2)14-15-30(20-25-11-7-17-37-25)29(33)21-31(23-8-4-3-5-9-23)28(32)19-24-10-6-16-36-24/h6-7,10-13,16-18,23H,3-5,8-9,14-15,19-21H2,1-2H3. The van der Waals surface area contributed by atoms with Crippen LogP contribution in [0.1, 0.15) is 47.4 Å². The lowest BCUT2D eigenvalue weighted by atomic mass is 9.94. The first-order valence-corrected chi connectivity index (χ1v) is 14.7. The zero-order valence-corrected chi connectivity index (χ0v) is 23.3. The summed E-state index contributed by atoms with van der Waals surface area (Å²) in [6.45, 7) is 1.23. The summed E-state index contributed by atoms with van der Waals surface area (Å²) in [5.41, 5.74) is 1.07. The SMILES string of the molecule is COc1ccc(CCN(Cc2cccs2)C(=O)CN(C(=O)Cc2cccs2)C2CCCCC2)cc1OC. The van der Waals surface area contributed by atoms with Gasteiger partial charge >= 0.3 is 0 Å². The monoisotopic (exact) mass is 540 g/mol. The molecule has 0 aliphatic heterocycles. The van der Waals surface area contributed by atoms with Gasteiger partial charge in [-0.2, -0.15) is 0 Å². The quantitative estimate of drug-likeness (QED) is 0.291. The van der Waals surface area contributed by atoms with Crippen molar-refractivity contribution in [2.75, 3.05) is 27.3 Å². The van der Waals surface area contributed by atoms with Crippen LogP contribution in [-0.2, 0) is 29.0 Å². The van der Waals surface area contributed by atoms with Crippen molar-refractivity contribution in [3.05, 3.63) is 68.5 Å². The van der Waals surface area contributed by atoms with Crippen LogP contribution >= 0.6 is 22.7 Å². The summed E-state index contributed by atoms with van der Waals surface area (Å²) in [6.07, 6.45) is 6.41. The highest BCUT2D eigenvalue weighted by atomic mass is 32.1. The van der Waals surface area contributed by atoms with Crippen molar-refractivity contribution >= 4 is 34.5 Å². The maximum atomic E-state index is 13.8. The number of amides is 2. The van der Waals surface area contributed by atoms with E-state index in [2.05, 4.69) is 6.07 Å². The molecule has 0 bridgehead atoms. The van der Waals surface area contributed by atoms with Gasteiger partial charge in [-0.25, -0.2) is 0 Å². The summed E-state index contributed by atoms with van der Waals surface area (Å²) < 4.78 is 10.8. The molecular formula is C29H36N2O4S2. The number of benzene rings is 1. The highest BCUT2D eigenvalue weighted by molar-refractivity contribution is 7.10. The second-order valence-electron chi connectivity index (χ2n) is 9.40. The zero-order valence-electron chi connectivity index (χ0n) is 21.7. The van der Waals surface area contributed by atoms with Crippen LogP contribution in [0.4, 0.5) is 0 Å². The lowest BCUT2D eigenvalue weighted by molar-refractivity contribution is -0.143. The van der Waals surface area contributed by atoms with Crippen LogP contribution in [0.25, 0.3) is 0 Å². The number of carbonyl (C=O) groups excluding carboxylic acids is 2. The van der Waals surface area contributed by atoms with Gasteiger partial charge in [-0.1, -0.05) is 37.5 Å². The molecule has 198 valence electrons. The molecule has 0 N–H and O–H groups in total. The average molecular weight is 541 g/mol. The maximum absolute atomic E-state index is 13.8. The summed E-state index contributed by atoms with van der Waals surface area (Å²) in [6, 6.07) is 14.0. The van der Waals surface area contributed by atoms with Gasteiger partial charge in [0.2, 0.25) is 11.8 Å². The molecule has 1 saturated carbocycles. The fourth-order valence-electron chi connectivity index (χ4n) is 4.91. The zero-order chi connectivity index (χ0) is 26.0. The first-order valence-electron chi connectivity index (χ1n) is 12.9. The Labute approximate surface area is 227 Å². The number of rotatable bonds is 12. The van der Waals surface area contributed by atoms with E-state index >= 15 is 0 Å². The molecule has 2 heterocycles. The summed E-state index contributed by atoms with van der Waals surface area (Å²) >= 11 is 3.24. The molecule has 37 heavy (non-hydrogen) atoms. The molecule has 4 rings (SSSR count). The van der Waals surface area contributed by atoms with E-state index in [4.69, 9.17) is 9.47 Å². The Bertz CT molecular complexity index is 1130. The topological polar surface area (TPSA) is 59.1 Å². The number of ether oxygens (including phenoxy) is 2. The fraction of sp³-hybridized carbons (Fsp3) is 0.448. The van der Waals surface area contributed by atoms with Crippen molar-refractivity contribution in [3.8, 4) is 11.5 Å². The molecule has 3 aromatic rings. The Hall–Kier alpha value is -2.84. The summed E-state index contributed by atoms with van der Waals surface area (Å²) in [4.78, 5) is 33.2. The highest BCUT2D eigenvalue weighted by Gasteiger charge is 2.29. The number of carbonyl (C=O) groups is 2. The molecule has 1 fully saturated rings. The first-order chi connectivity index (χ1) is 18.1. The molecule has 1 aromatic carbocycles. The van der Waals surface area contributed by atoms with Crippen molar-refractivity contribution in [3.63, 3.8) is 0 Å². The van der Waals surface area contributed by atoms with Gasteiger partial charge in [-0.3, -0.25) is 9.59 Å². The second kappa shape index (κ2) is 13.6. The van der Waals surface area contributed by atoms with E-state index in [1.165, 1.54) is 6.42 Å². The van der Waals surface area contributed by atoms with E-state index in [-0.39, 0.29) is 24.4 Å². The van der Waals surface area contributed by atoms with E-state index in [0.717, 1.165) is 41.0 Å². The second-order valence-corrected chi connectivity index (χ2v) is 11.5. The minimum absolute atomic E-state index is 0.000945. The van der Waals surface area contributed by atoms with Crippen LogP contribution in [0, 0.1) is 0 Å². The van der Waals surface area contributed by atoms with Crippen LogP contribution in [0.15, 0.2) is 53.2 Å².